The highest BCUT2D eigenvalue weighted by Crippen LogP contribution is 2.40. The lowest BCUT2D eigenvalue weighted by Gasteiger charge is -2.08. The Balaban J connectivity index is 2.10. The van der Waals surface area contributed by atoms with E-state index in [4.69, 9.17) is 17.3 Å². The molecule has 22 heavy (non-hydrogen) atoms. The van der Waals surface area contributed by atoms with Crippen LogP contribution in [0.15, 0.2) is 42.6 Å². The maximum Gasteiger partial charge on any atom is 0.137 e. The molecule has 2 aromatic carbocycles. The van der Waals surface area contributed by atoms with Gasteiger partial charge in [0.15, 0.2) is 0 Å². The van der Waals surface area contributed by atoms with Gasteiger partial charge in [-0.2, -0.15) is 5.10 Å². The zero-order valence-corrected chi connectivity index (χ0v) is 12.3. The molecule has 0 fully saturated rings. The Morgan fingerprint density at radius 3 is 2.45 bits per heavy atom. The molecule has 0 radical (unpaired) electrons. The number of benzene rings is 2. The van der Waals surface area contributed by atoms with Gasteiger partial charge in [-0.05, 0) is 17.2 Å². The van der Waals surface area contributed by atoms with Crippen LogP contribution in [0.25, 0.3) is 22.4 Å². The molecule has 3 rings (SSSR count). The fraction of sp³-hybridized carbons (Fsp3) is 0.0625. The number of hydrogen-bond acceptors (Lipinski definition) is 4. The summed E-state index contributed by atoms with van der Waals surface area (Å²) in [7, 11) is 0. The van der Waals surface area contributed by atoms with Crippen molar-refractivity contribution in [2.75, 3.05) is 0 Å². The van der Waals surface area contributed by atoms with Crippen molar-refractivity contribution in [3.63, 3.8) is 0 Å². The summed E-state index contributed by atoms with van der Waals surface area (Å²) in [6, 6.07) is 10.5. The molecule has 5 N–H and O–H groups in total. The number of nitrogens with one attached hydrogen (secondary N) is 1. The lowest BCUT2D eigenvalue weighted by Crippen LogP contribution is -1.95. The first-order valence-corrected chi connectivity index (χ1v) is 7.02. The van der Waals surface area contributed by atoms with E-state index in [0.29, 0.717) is 17.8 Å². The normalized spacial score (nSPS) is 10.8. The number of nitrogens with two attached hydrogens (primary N) is 1. The predicted octanol–water partition coefficient (Wildman–Crippen LogP) is 3.27. The zero-order chi connectivity index (χ0) is 15.7. The maximum absolute atomic E-state index is 10.1. The molecule has 5 nitrogen and oxygen atoms in total. The minimum Gasteiger partial charge on any atom is -0.507 e. The van der Waals surface area contributed by atoms with E-state index >= 15 is 0 Å². The summed E-state index contributed by atoms with van der Waals surface area (Å²) in [6.45, 7) is 0.479. The summed E-state index contributed by atoms with van der Waals surface area (Å²) in [6.07, 6.45) is 1.67. The third-order valence-electron chi connectivity index (χ3n) is 3.47. The molecule has 0 amide bonds. The Morgan fingerprint density at radius 1 is 1.05 bits per heavy atom. The van der Waals surface area contributed by atoms with Crippen molar-refractivity contribution in [1.29, 1.82) is 0 Å². The molecule has 3 aromatic rings. The van der Waals surface area contributed by atoms with E-state index in [-0.39, 0.29) is 16.5 Å². The quantitative estimate of drug-likeness (QED) is 0.596. The van der Waals surface area contributed by atoms with Crippen molar-refractivity contribution in [1.82, 2.24) is 10.2 Å². The van der Waals surface area contributed by atoms with Gasteiger partial charge in [-0.25, -0.2) is 0 Å². The first kappa shape index (κ1) is 14.4. The average molecular weight is 316 g/mol. The summed E-state index contributed by atoms with van der Waals surface area (Å²) in [5, 5.41) is 26.7. The number of aromatic amines is 1. The van der Waals surface area contributed by atoms with Crippen LogP contribution in [0.3, 0.4) is 0 Å². The van der Waals surface area contributed by atoms with Gasteiger partial charge in [0.25, 0.3) is 0 Å². The maximum atomic E-state index is 10.1. The number of aromatic hydroxyl groups is 2. The van der Waals surface area contributed by atoms with E-state index in [2.05, 4.69) is 10.2 Å². The minimum absolute atomic E-state index is 0.0778. The molecule has 1 aromatic heterocycles. The van der Waals surface area contributed by atoms with E-state index in [1.54, 1.807) is 6.20 Å². The number of phenolic OH excluding ortho intramolecular Hbond substituents is 2. The third-order valence-corrected chi connectivity index (χ3v) is 3.78. The van der Waals surface area contributed by atoms with Crippen molar-refractivity contribution in [2.24, 2.45) is 5.73 Å². The van der Waals surface area contributed by atoms with Crippen LogP contribution in [0.2, 0.25) is 5.02 Å². The molecule has 0 spiro atoms. The van der Waals surface area contributed by atoms with E-state index in [1.165, 1.54) is 12.1 Å². The van der Waals surface area contributed by atoms with Crippen LogP contribution in [-0.4, -0.2) is 20.4 Å². The third kappa shape index (κ3) is 2.52. The van der Waals surface area contributed by atoms with Crippen LogP contribution < -0.4 is 5.73 Å². The molecule has 0 aliphatic carbocycles. The molecule has 0 atom stereocenters. The molecule has 1 heterocycles. The molecular formula is C16H14ClN3O2. The lowest BCUT2D eigenvalue weighted by molar-refractivity contribution is 0.452. The van der Waals surface area contributed by atoms with Crippen LogP contribution in [0.1, 0.15) is 5.56 Å². The number of H-pyrrole nitrogens is 1. The van der Waals surface area contributed by atoms with Gasteiger partial charge in [-0.3, -0.25) is 5.10 Å². The second kappa shape index (κ2) is 5.71. The van der Waals surface area contributed by atoms with Gasteiger partial charge in [-0.1, -0.05) is 35.9 Å². The van der Waals surface area contributed by atoms with Crippen LogP contribution in [-0.2, 0) is 6.54 Å². The van der Waals surface area contributed by atoms with Crippen molar-refractivity contribution >= 4 is 11.6 Å². The molecule has 0 saturated carbocycles. The van der Waals surface area contributed by atoms with Gasteiger partial charge < -0.3 is 15.9 Å². The highest BCUT2D eigenvalue weighted by molar-refractivity contribution is 6.32. The fourth-order valence-corrected chi connectivity index (χ4v) is 2.45. The molecular weight excluding hydrogens is 302 g/mol. The van der Waals surface area contributed by atoms with Crippen molar-refractivity contribution in [3.05, 3.63) is 53.2 Å². The second-order valence-electron chi connectivity index (χ2n) is 4.88. The minimum atomic E-state index is -0.170. The van der Waals surface area contributed by atoms with Gasteiger partial charge in [-0.15, -0.1) is 0 Å². The lowest BCUT2D eigenvalue weighted by atomic mass is 10.00. The van der Waals surface area contributed by atoms with Gasteiger partial charge in [0.2, 0.25) is 0 Å². The van der Waals surface area contributed by atoms with E-state index < -0.39 is 0 Å². The Hall–Kier alpha value is -2.50. The summed E-state index contributed by atoms with van der Waals surface area (Å²) in [4.78, 5) is 0. The Bertz CT molecular complexity index is 813. The largest absolute Gasteiger partial charge is 0.507 e. The smallest absolute Gasteiger partial charge is 0.137 e. The molecule has 0 aliphatic heterocycles. The molecule has 0 saturated heterocycles. The summed E-state index contributed by atoms with van der Waals surface area (Å²) < 4.78 is 0. The predicted molar refractivity (Wildman–Crippen MR) is 85.7 cm³/mol. The van der Waals surface area contributed by atoms with Gasteiger partial charge in [0, 0.05) is 23.7 Å². The topological polar surface area (TPSA) is 95.2 Å². The molecule has 6 heteroatoms. The van der Waals surface area contributed by atoms with Crippen LogP contribution in [0, 0.1) is 0 Å². The first-order valence-electron chi connectivity index (χ1n) is 6.64. The van der Waals surface area contributed by atoms with Crippen LogP contribution >= 0.6 is 11.6 Å². The van der Waals surface area contributed by atoms with Crippen molar-refractivity contribution in [3.8, 4) is 33.9 Å². The Kier molecular flexibility index (Phi) is 3.75. The molecule has 0 unspecified atom stereocenters. The second-order valence-corrected chi connectivity index (χ2v) is 5.29. The number of phenols is 2. The number of nitrogens with zero attached hydrogens (tertiary/aromatic N) is 1. The number of rotatable bonds is 3. The first-order chi connectivity index (χ1) is 10.6. The highest BCUT2D eigenvalue weighted by atomic mass is 35.5. The number of hydrogen-bond donors (Lipinski definition) is 4. The van der Waals surface area contributed by atoms with Gasteiger partial charge in [0.1, 0.15) is 11.5 Å². The highest BCUT2D eigenvalue weighted by Gasteiger charge is 2.15. The summed E-state index contributed by atoms with van der Waals surface area (Å²) in [5.41, 5.74) is 9.48. The van der Waals surface area contributed by atoms with Crippen molar-refractivity contribution in [2.45, 2.75) is 6.54 Å². The Morgan fingerprint density at radius 2 is 1.77 bits per heavy atom. The number of aromatic nitrogens is 2. The molecule has 112 valence electrons. The SMILES string of the molecule is NCc1ccc(-c2cn[nH]c2-c2cc(Cl)c(O)cc2O)cc1. The monoisotopic (exact) mass is 315 g/mol. The summed E-state index contributed by atoms with van der Waals surface area (Å²) >= 11 is 5.93. The fourth-order valence-electron chi connectivity index (χ4n) is 2.28. The molecule has 0 bridgehead atoms. The Labute approximate surface area is 132 Å². The summed E-state index contributed by atoms with van der Waals surface area (Å²) in [5.74, 6) is -0.248. The van der Waals surface area contributed by atoms with E-state index in [0.717, 1.165) is 16.7 Å². The van der Waals surface area contributed by atoms with Gasteiger partial charge in [0.05, 0.1) is 16.9 Å². The van der Waals surface area contributed by atoms with Crippen LogP contribution in [0.5, 0.6) is 11.5 Å². The standard InChI is InChI=1S/C16H14ClN3O2/c17-13-5-11(14(21)6-15(13)22)16-12(8-19-20-16)10-3-1-9(7-18)2-4-10/h1-6,8,21-22H,7,18H2,(H,19,20). The number of halogens is 1. The van der Waals surface area contributed by atoms with Crippen molar-refractivity contribution < 1.29 is 10.2 Å². The van der Waals surface area contributed by atoms with E-state index in [1.807, 2.05) is 24.3 Å². The van der Waals surface area contributed by atoms with E-state index in [9.17, 15) is 10.2 Å². The molecule has 0 aliphatic rings. The zero-order valence-electron chi connectivity index (χ0n) is 11.5. The van der Waals surface area contributed by atoms with Crippen LogP contribution in [0.4, 0.5) is 0 Å². The average Bonchev–Trinajstić information content (AvgIpc) is 3.00. The van der Waals surface area contributed by atoms with Gasteiger partial charge >= 0.3 is 0 Å².